The molecule has 26 heavy (non-hydrogen) atoms. The topological polar surface area (TPSA) is 59.8 Å². The monoisotopic (exact) mass is 362 g/mol. The SMILES string of the molecule is Cn1cc(CN2CC3(CCN(CC4CCOC4)CC3)OCCC2=O)cn1. The van der Waals surface area contributed by atoms with Crippen LogP contribution in [0.4, 0.5) is 0 Å². The second-order valence-electron chi connectivity index (χ2n) is 8.08. The van der Waals surface area contributed by atoms with Crippen molar-refractivity contribution in [1.82, 2.24) is 19.6 Å². The maximum atomic E-state index is 12.5. The molecular formula is C19H30N4O3. The predicted molar refractivity (Wildman–Crippen MR) is 96.5 cm³/mol. The third-order valence-corrected chi connectivity index (χ3v) is 6.00. The molecule has 0 radical (unpaired) electrons. The van der Waals surface area contributed by atoms with Crippen molar-refractivity contribution in [2.24, 2.45) is 13.0 Å². The molecule has 7 nitrogen and oxygen atoms in total. The minimum Gasteiger partial charge on any atom is -0.381 e. The summed E-state index contributed by atoms with van der Waals surface area (Å²) in [6.07, 6.45) is 7.49. The first kappa shape index (κ1) is 17.9. The molecule has 0 aliphatic carbocycles. The van der Waals surface area contributed by atoms with E-state index in [0.29, 0.717) is 32.0 Å². The lowest BCUT2D eigenvalue weighted by Crippen LogP contribution is -2.52. The highest BCUT2D eigenvalue weighted by Gasteiger charge is 2.40. The van der Waals surface area contributed by atoms with Gasteiger partial charge in [-0.05, 0) is 25.2 Å². The summed E-state index contributed by atoms with van der Waals surface area (Å²) in [5.41, 5.74) is 0.897. The predicted octanol–water partition coefficient (Wildman–Crippen LogP) is 1.04. The van der Waals surface area contributed by atoms with E-state index in [-0.39, 0.29) is 11.5 Å². The lowest BCUT2D eigenvalue weighted by atomic mass is 9.89. The van der Waals surface area contributed by atoms with Crippen molar-refractivity contribution in [1.29, 1.82) is 0 Å². The van der Waals surface area contributed by atoms with Gasteiger partial charge in [-0.15, -0.1) is 0 Å². The molecule has 3 aliphatic rings. The number of carbonyl (C=O) groups is 1. The zero-order valence-electron chi connectivity index (χ0n) is 15.7. The molecule has 1 spiro atoms. The van der Waals surface area contributed by atoms with E-state index < -0.39 is 0 Å². The van der Waals surface area contributed by atoms with Gasteiger partial charge in [-0.1, -0.05) is 0 Å². The van der Waals surface area contributed by atoms with Crippen molar-refractivity contribution in [3.05, 3.63) is 18.0 Å². The van der Waals surface area contributed by atoms with Crippen molar-refractivity contribution >= 4 is 5.91 Å². The first-order valence-corrected chi connectivity index (χ1v) is 9.81. The van der Waals surface area contributed by atoms with Gasteiger partial charge in [0.1, 0.15) is 0 Å². The van der Waals surface area contributed by atoms with Gasteiger partial charge >= 0.3 is 0 Å². The average Bonchev–Trinajstić information content (AvgIpc) is 3.25. The lowest BCUT2D eigenvalue weighted by molar-refractivity contribution is -0.132. The number of aromatic nitrogens is 2. The lowest BCUT2D eigenvalue weighted by Gasteiger charge is -2.43. The molecule has 0 saturated carbocycles. The van der Waals surface area contributed by atoms with Crippen molar-refractivity contribution in [3.63, 3.8) is 0 Å². The van der Waals surface area contributed by atoms with Crippen LogP contribution in [-0.4, -0.2) is 77.1 Å². The van der Waals surface area contributed by atoms with Gasteiger partial charge in [0.15, 0.2) is 0 Å². The number of amides is 1. The molecule has 1 aromatic rings. The molecule has 3 aliphatic heterocycles. The van der Waals surface area contributed by atoms with E-state index in [0.717, 1.165) is 51.3 Å². The molecule has 1 atom stereocenters. The van der Waals surface area contributed by atoms with E-state index in [4.69, 9.17) is 9.47 Å². The first-order valence-electron chi connectivity index (χ1n) is 9.81. The van der Waals surface area contributed by atoms with E-state index in [1.165, 1.54) is 6.42 Å². The Kier molecular flexibility index (Phi) is 5.29. The van der Waals surface area contributed by atoms with Gasteiger partial charge in [0.25, 0.3) is 0 Å². The van der Waals surface area contributed by atoms with Crippen LogP contribution in [0.5, 0.6) is 0 Å². The second-order valence-corrected chi connectivity index (χ2v) is 8.08. The van der Waals surface area contributed by atoms with Crippen LogP contribution in [0.1, 0.15) is 31.2 Å². The van der Waals surface area contributed by atoms with E-state index in [1.807, 2.05) is 24.3 Å². The molecule has 4 rings (SSSR count). The summed E-state index contributed by atoms with van der Waals surface area (Å²) < 4.78 is 13.6. The number of carbonyl (C=O) groups excluding carboxylic acids is 1. The van der Waals surface area contributed by atoms with Crippen molar-refractivity contribution < 1.29 is 14.3 Å². The molecular weight excluding hydrogens is 332 g/mol. The van der Waals surface area contributed by atoms with Crippen LogP contribution in [0.15, 0.2) is 12.4 Å². The standard InChI is InChI=1S/C19H30N4O3/c1-21-11-17(10-20-21)13-23-15-19(26-9-3-18(23)24)4-6-22(7-5-19)12-16-2-8-25-14-16/h10-11,16H,2-9,12-15H2,1H3. The third-order valence-electron chi connectivity index (χ3n) is 6.00. The minimum atomic E-state index is -0.183. The zero-order valence-corrected chi connectivity index (χ0v) is 15.7. The molecule has 1 aromatic heterocycles. The fraction of sp³-hybridized carbons (Fsp3) is 0.789. The van der Waals surface area contributed by atoms with Crippen LogP contribution in [0.2, 0.25) is 0 Å². The number of nitrogens with zero attached hydrogens (tertiary/aromatic N) is 4. The van der Waals surface area contributed by atoms with Gasteiger partial charge in [0.05, 0.1) is 38.0 Å². The molecule has 0 bridgehead atoms. The molecule has 4 heterocycles. The molecule has 1 unspecified atom stereocenters. The van der Waals surface area contributed by atoms with Crippen LogP contribution in [-0.2, 0) is 27.9 Å². The maximum absolute atomic E-state index is 12.5. The Morgan fingerprint density at radius 2 is 2.15 bits per heavy atom. The maximum Gasteiger partial charge on any atom is 0.225 e. The van der Waals surface area contributed by atoms with Gasteiger partial charge in [-0.2, -0.15) is 5.10 Å². The molecule has 144 valence electrons. The number of hydrogen-bond donors (Lipinski definition) is 0. The van der Waals surface area contributed by atoms with Gasteiger partial charge in [0.2, 0.25) is 5.91 Å². The van der Waals surface area contributed by atoms with Crippen molar-refractivity contribution in [2.45, 2.75) is 37.8 Å². The first-order chi connectivity index (χ1) is 12.6. The summed E-state index contributed by atoms with van der Waals surface area (Å²) in [5, 5.41) is 4.22. The fourth-order valence-electron chi connectivity index (χ4n) is 4.45. The smallest absolute Gasteiger partial charge is 0.225 e. The Labute approximate surface area is 155 Å². The Morgan fingerprint density at radius 1 is 1.31 bits per heavy atom. The molecule has 1 amide bonds. The summed E-state index contributed by atoms with van der Waals surface area (Å²) in [5.74, 6) is 0.874. The van der Waals surface area contributed by atoms with Gasteiger partial charge < -0.3 is 19.3 Å². The van der Waals surface area contributed by atoms with E-state index in [1.54, 1.807) is 4.68 Å². The number of aryl methyl sites for hydroxylation is 1. The molecule has 0 aromatic carbocycles. The number of likely N-dealkylation sites (tertiary alicyclic amines) is 1. The molecule has 3 saturated heterocycles. The van der Waals surface area contributed by atoms with Gasteiger partial charge in [-0.3, -0.25) is 9.48 Å². The Balaban J connectivity index is 1.37. The van der Waals surface area contributed by atoms with Gasteiger partial charge in [-0.25, -0.2) is 0 Å². The Hall–Kier alpha value is -1.44. The summed E-state index contributed by atoms with van der Waals surface area (Å²) in [6, 6.07) is 0. The molecule has 0 N–H and O–H groups in total. The summed E-state index contributed by atoms with van der Waals surface area (Å²) in [4.78, 5) is 17.1. The minimum absolute atomic E-state index is 0.183. The summed E-state index contributed by atoms with van der Waals surface area (Å²) in [6.45, 7) is 6.91. The number of rotatable bonds is 4. The van der Waals surface area contributed by atoms with E-state index in [2.05, 4.69) is 10.00 Å². The molecule has 7 heteroatoms. The van der Waals surface area contributed by atoms with Crippen LogP contribution < -0.4 is 0 Å². The van der Waals surface area contributed by atoms with Crippen LogP contribution in [0.3, 0.4) is 0 Å². The van der Waals surface area contributed by atoms with Crippen LogP contribution >= 0.6 is 0 Å². The van der Waals surface area contributed by atoms with Crippen LogP contribution in [0.25, 0.3) is 0 Å². The Bertz CT molecular complexity index is 618. The molecule has 3 fully saturated rings. The third kappa shape index (κ3) is 4.10. The fourth-order valence-corrected chi connectivity index (χ4v) is 4.45. The normalized spacial score (nSPS) is 27.2. The van der Waals surface area contributed by atoms with Crippen molar-refractivity contribution in [3.8, 4) is 0 Å². The van der Waals surface area contributed by atoms with Crippen LogP contribution in [0, 0.1) is 5.92 Å². The van der Waals surface area contributed by atoms with E-state index >= 15 is 0 Å². The number of ether oxygens (including phenoxy) is 2. The number of hydrogen-bond acceptors (Lipinski definition) is 5. The highest BCUT2D eigenvalue weighted by molar-refractivity contribution is 5.76. The number of piperidine rings is 1. The highest BCUT2D eigenvalue weighted by Crippen LogP contribution is 2.31. The van der Waals surface area contributed by atoms with Crippen molar-refractivity contribution in [2.75, 3.05) is 46.0 Å². The quantitative estimate of drug-likeness (QED) is 0.801. The summed E-state index contributed by atoms with van der Waals surface area (Å²) in [7, 11) is 1.91. The van der Waals surface area contributed by atoms with Gasteiger partial charge in [0, 0.05) is 51.6 Å². The summed E-state index contributed by atoms with van der Waals surface area (Å²) >= 11 is 0. The zero-order chi connectivity index (χ0) is 18.0. The Morgan fingerprint density at radius 3 is 2.85 bits per heavy atom. The second kappa shape index (κ2) is 7.66. The highest BCUT2D eigenvalue weighted by atomic mass is 16.5. The largest absolute Gasteiger partial charge is 0.381 e. The van der Waals surface area contributed by atoms with E-state index in [9.17, 15) is 4.79 Å². The average molecular weight is 362 g/mol.